The van der Waals surface area contributed by atoms with Gasteiger partial charge in [-0.2, -0.15) is 31.4 Å². The summed E-state index contributed by atoms with van der Waals surface area (Å²) in [4.78, 5) is 17.5. The van der Waals surface area contributed by atoms with Crippen molar-refractivity contribution in [2.24, 2.45) is 7.05 Å². The number of pyridine rings is 1. The molecule has 3 heterocycles. The van der Waals surface area contributed by atoms with Crippen LogP contribution in [0.2, 0.25) is 0 Å². The van der Waals surface area contributed by atoms with Crippen molar-refractivity contribution in [3.05, 3.63) is 58.0 Å². The van der Waals surface area contributed by atoms with Gasteiger partial charge >= 0.3 is 12.4 Å². The van der Waals surface area contributed by atoms with Gasteiger partial charge in [0.15, 0.2) is 5.69 Å². The fourth-order valence-corrected chi connectivity index (χ4v) is 4.90. The topological polar surface area (TPSA) is 59.8 Å². The molecule has 0 aliphatic heterocycles. The molecule has 1 aliphatic carbocycles. The Hall–Kier alpha value is -2.89. The van der Waals surface area contributed by atoms with Crippen LogP contribution in [0.1, 0.15) is 51.2 Å². The summed E-state index contributed by atoms with van der Waals surface area (Å²) in [6.07, 6.45) is -6.16. The second kappa shape index (κ2) is 7.91. The highest BCUT2D eigenvalue weighted by Crippen LogP contribution is 2.41. The van der Waals surface area contributed by atoms with Crippen molar-refractivity contribution in [1.82, 2.24) is 20.1 Å². The third kappa shape index (κ3) is 4.36. The molecule has 0 radical (unpaired) electrons. The van der Waals surface area contributed by atoms with Crippen molar-refractivity contribution in [2.75, 3.05) is 0 Å². The maximum atomic E-state index is 13.0. The number of amides is 1. The highest BCUT2D eigenvalue weighted by Gasteiger charge is 2.36. The summed E-state index contributed by atoms with van der Waals surface area (Å²) < 4.78 is 78.5. The number of hydrogen-bond donors (Lipinski definition) is 1. The fraction of sp³-hybridized carbons (Fsp3) is 0.350. The molecule has 12 heteroatoms. The van der Waals surface area contributed by atoms with Crippen LogP contribution in [0.4, 0.5) is 26.3 Å². The molecule has 3 aromatic rings. The lowest BCUT2D eigenvalue weighted by Crippen LogP contribution is -2.31. The van der Waals surface area contributed by atoms with Gasteiger partial charge in [0, 0.05) is 29.1 Å². The molecule has 1 atom stereocenters. The number of nitrogens with zero attached hydrogens (tertiary/aromatic N) is 3. The second-order valence-electron chi connectivity index (χ2n) is 7.37. The summed E-state index contributed by atoms with van der Waals surface area (Å²) in [5.74, 6) is -0.704. The van der Waals surface area contributed by atoms with Gasteiger partial charge in [-0.1, -0.05) is 0 Å². The van der Waals surface area contributed by atoms with E-state index in [4.69, 9.17) is 0 Å². The van der Waals surface area contributed by atoms with Crippen LogP contribution in [0.15, 0.2) is 30.5 Å². The number of fused-ring (bicyclic) bond motifs is 1. The van der Waals surface area contributed by atoms with Gasteiger partial charge in [0.25, 0.3) is 5.91 Å². The SMILES string of the molecule is Cn1nc(C(F)(F)F)cc1C(=O)NC1CCCc2sc(-c3ccnc(C(F)(F)F)c3)cc21. The van der Waals surface area contributed by atoms with Gasteiger partial charge in [-0.05, 0) is 48.6 Å². The van der Waals surface area contributed by atoms with Crippen LogP contribution in [0.25, 0.3) is 10.4 Å². The van der Waals surface area contributed by atoms with E-state index in [2.05, 4.69) is 15.4 Å². The first kappa shape index (κ1) is 22.3. The molecule has 5 nitrogen and oxygen atoms in total. The zero-order valence-corrected chi connectivity index (χ0v) is 17.3. The van der Waals surface area contributed by atoms with Crippen LogP contribution >= 0.6 is 11.3 Å². The zero-order valence-electron chi connectivity index (χ0n) is 16.5. The van der Waals surface area contributed by atoms with E-state index in [1.165, 1.54) is 24.5 Å². The number of rotatable bonds is 3. The maximum absolute atomic E-state index is 13.0. The lowest BCUT2D eigenvalue weighted by molar-refractivity contribution is -0.142. The predicted molar refractivity (Wildman–Crippen MR) is 104 cm³/mol. The number of aromatic nitrogens is 3. The summed E-state index contributed by atoms with van der Waals surface area (Å²) in [6, 6.07) is 4.40. The van der Waals surface area contributed by atoms with E-state index >= 15 is 0 Å². The quantitative estimate of drug-likeness (QED) is 0.518. The van der Waals surface area contributed by atoms with Crippen molar-refractivity contribution in [3.63, 3.8) is 0 Å². The highest BCUT2D eigenvalue weighted by molar-refractivity contribution is 7.15. The molecular formula is C20H16F6N4OS. The molecule has 170 valence electrons. The number of nitrogens with one attached hydrogen (secondary N) is 1. The average molecular weight is 474 g/mol. The Morgan fingerprint density at radius 1 is 1.12 bits per heavy atom. The molecular weight excluding hydrogens is 458 g/mol. The van der Waals surface area contributed by atoms with Crippen LogP contribution in [0.5, 0.6) is 0 Å². The fourth-order valence-electron chi connectivity index (χ4n) is 3.64. The number of aryl methyl sites for hydroxylation is 2. The Balaban J connectivity index is 1.60. The average Bonchev–Trinajstić information content (AvgIpc) is 3.32. The van der Waals surface area contributed by atoms with Crippen LogP contribution < -0.4 is 5.32 Å². The molecule has 0 fully saturated rings. The Bertz CT molecular complexity index is 1160. The van der Waals surface area contributed by atoms with E-state index in [1.807, 2.05) is 0 Å². The van der Waals surface area contributed by atoms with Crippen LogP contribution in [0, 0.1) is 0 Å². The molecule has 0 aromatic carbocycles. The maximum Gasteiger partial charge on any atom is 0.435 e. The number of alkyl halides is 6. The van der Waals surface area contributed by atoms with Crippen molar-refractivity contribution >= 4 is 17.2 Å². The van der Waals surface area contributed by atoms with Crippen LogP contribution in [-0.4, -0.2) is 20.7 Å². The minimum atomic E-state index is -4.67. The second-order valence-corrected chi connectivity index (χ2v) is 8.51. The minimum absolute atomic E-state index is 0.233. The van der Waals surface area contributed by atoms with Gasteiger partial charge in [0.1, 0.15) is 11.4 Å². The normalized spacial score (nSPS) is 16.7. The largest absolute Gasteiger partial charge is 0.435 e. The predicted octanol–water partition coefficient (Wildman–Crippen LogP) is 5.39. The van der Waals surface area contributed by atoms with Crippen molar-refractivity contribution in [2.45, 2.75) is 37.7 Å². The summed E-state index contributed by atoms with van der Waals surface area (Å²) >= 11 is 1.33. The molecule has 1 unspecified atom stereocenters. The van der Waals surface area contributed by atoms with Gasteiger partial charge in [-0.15, -0.1) is 11.3 Å². The van der Waals surface area contributed by atoms with E-state index in [9.17, 15) is 31.1 Å². The zero-order chi connectivity index (χ0) is 23.3. The number of carbonyl (C=O) groups excluding carboxylic acids is 1. The molecule has 0 spiro atoms. The first-order valence-electron chi connectivity index (χ1n) is 9.52. The van der Waals surface area contributed by atoms with Gasteiger partial charge < -0.3 is 5.32 Å². The summed E-state index contributed by atoms with van der Waals surface area (Å²) in [7, 11) is 1.25. The van der Waals surface area contributed by atoms with Crippen LogP contribution in [-0.2, 0) is 25.8 Å². The van der Waals surface area contributed by atoms with E-state index in [1.54, 1.807) is 6.07 Å². The molecule has 3 aromatic heterocycles. The van der Waals surface area contributed by atoms with Crippen molar-refractivity contribution < 1.29 is 31.1 Å². The number of halogens is 6. The molecule has 0 saturated heterocycles. The van der Waals surface area contributed by atoms with E-state index in [0.29, 0.717) is 29.3 Å². The summed E-state index contributed by atoms with van der Waals surface area (Å²) in [5.41, 5.74) is -1.27. The molecule has 0 bridgehead atoms. The number of hydrogen-bond acceptors (Lipinski definition) is 4. The lowest BCUT2D eigenvalue weighted by atomic mass is 9.93. The molecule has 32 heavy (non-hydrogen) atoms. The van der Waals surface area contributed by atoms with E-state index < -0.39 is 35.7 Å². The van der Waals surface area contributed by atoms with E-state index in [-0.39, 0.29) is 5.69 Å². The standard InChI is InChI=1S/C20H16F6N4OS/c1-30-13(9-17(29-30)20(24,25)26)18(31)28-12-3-2-4-14-11(12)8-15(32-14)10-5-6-27-16(7-10)19(21,22)23/h5-9,12H,2-4H2,1H3,(H,28,31). The molecule has 4 rings (SSSR count). The van der Waals surface area contributed by atoms with Crippen molar-refractivity contribution in [1.29, 1.82) is 0 Å². The minimum Gasteiger partial charge on any atom is -0.344 e. The van der Waals surface area contributed by atoms with Gasteiger partial charge in [0.05, 0.1) is 6.04 Å². The first-order valence-corrected chi connectivity index (χ1v) is 10.3. The van der Waals surface area contributed by atoms with Gasteiger partial charge in [0.2, 0.25) is 0 Å². The Morgan fingerprint density at radius 3 is 2.50 bits per heavy atom. The lowest BCUT2D eigenvalue weighted by Gasteiger charge is -2.23. The van der Waals surface area contributed by atoms with E-state index in [0.717, 1.165) is 33.8 Å². The third-order valence-corrected chi connectivity index (χ3v) is 6.42. The Morgan fingerprint density at radius 2 is 1.84 bits per heavy atom. The highest BCUT2D eigenvalue weighted by atomic mass is 32.1. The van der Waals surface area contributed by atoms with Gasteiger partial charge in [-0.25, -0.2) is 0 Å². The van der Waals surface area contributed by atoms with Crippen molar-refractivity contribution in [3.8, 4) is 10.4 Å². The molecule has 1 amide bonds. The number of carbonyl (C=O) groups is 1. The molecule has 1 N–H and O–H groups in total. The third-order valence-electron chi connectivity index (χ3n) is 5.16. The molecule has 1 aliphatic rings. The van der Waals surface area contributed by atoms with Gasteiger partial charge in [-0.3, -0.25) is 14.5 Å². The Kier molecular flexibility index (Phi) is 5.51. The molecule has 0 saturated carbocycles. The number of thiophene rings is 1. The summed E-state index contributed by atoms with van der Waals surface area (Å²) in [5, 5.41) is 6.09. The monoisotopic (exact) mass is 474 g/mol. The first-order chi connectivity index (χ1) is 14.9. The summed E-state index contributed by atoms with van der Waals surface area (Å²) in [6.45, 7) is 0. The smallest absolute Gasteiger partial charge is 0.344 e. The van der Waals surface area contributed by atoms with Crippen LogP contribution in [0.3, 0.4) is 0 Å². The Labute approximate surface area is 182 Å².